The van der Waals surface area contributed by atoms with Crippen molar-refractivity contribution in [3.05, 3.63) is 22.7 Å². The van der Waals surface area contributed by atoms with Crippen LogP contribution in [0.1, 0.15) is 25.7 Å². The van der Waals surface area contributed by atoms with E-state index in [0.717, 1.165) is 27.8 Å². The smallest absolute Gasteiger partial charge is 0.265 e. The van der Waals surface area contributed by atoms with E-state index >= 15 is 0 Å². The molecule has 2 aliphatic rings. The summed E-state index contributed by atoms with van der Waals surface area (Å²) in [5, 5.41) is 0.952. The van der Waals surface area contributed by atoms with Gasteiger partial charge in [0.05, 0.1) is 5.69 Å². The first-order valence-electron chi connectivity index (χ1n) is 6.92. The molecule has 1 aliphatic heterocycles. The Morgan fingerprint density at radius 2 is 2.05 bits per heavy atom. The molecule has 3 rings (SSSR count). The van der Waals surface area contributed by atoms with Crippen molar-refractivity contribution in [2.24, 2.45) is 5.41 Å². The number of rotatable bonds is 3. The number of halogens is 2. The third kappa shape index (κ3) is 2.62. The number of anilines is 1. The lowest BCUT2D eigenvalue weighted by Crippen LogP contribution is -2.45. The topological polar surface area (TPSA) is 29.5 Å². The monoisotopic (exact) mass is 401 g/mol. The van der Waals surface area contributed by atoms with E-state index in [2.05, 4.69) is 31.9 Å². The minimum absolute atomic E-state index is 0.0582. The normalized spacial score (nSPS) is 20.7. The molecule has 0 N–H and O–H groups in total. The van der Waals surface area contributed by atoms with Crippen LogP contribution >= 0.6 is 31.9 Å². The van der Waals surface area contributed by atoms with Crippen LogP contribution in [0.25, 0.3) is 0 Å². The van der Waals surface area contributed by atoms with Gasteiger partial charge < -0.3 is 9.64 Å². The molecule has 0 atom stereocenters. The van der Waals surface area contributed by atoms with Crippen LogP contribution in [0.2, 0.25) is 0 Å². The molecule has 3 nitrogen and oxygen atoms in total. The Balaban J connectivity index is 1.92. The van der Waals surface area contributed by atoms with Crippen molar-refractivity contribution < 1.29 is 9.53 Å². The van der Waals surface area contributed by atoms with Crippen molar-refractivity contribution in [3.8, 4) is 5.75 Å². The van der Waals surface area contributed by atoms with Crippen molar-refractivity contribution in [1.29, 1.82) is 0 Å². The summed E-state index contributed by atoms with van der Waals surface area (Å²) in [4.78, 5) is 14.2. The zero-order valence-electron chi connectivity index (χ0n) is 11.2. The highest BCUT2D eigenvalue weighted by molar-refractivity contribution is 9.10. The number of carbonyl (C=O) groups is 1. The highest BCUT2D eigenvalue weighted by Crippen LogP contribution is 2.43. The molecule has 1 aromatic carbocycles. The summed E-state index contributed by atoms with van der Waals surface area (Å²) in [5.74, 6) is 0.860. The summed E-state index contributed by atoms with van der Waals surface area (Å²) < 4.78 is 6.50. The average Bonchev–Trinajstić information content (AvgIpc) is 2.91. The predicted octanol–water partition coefficient (Wildman–Crippen LogP) is 4.13. The summed E-state index contributed by atoms with van der Waals surface area (Å²) in [5.41, 5.74) is 1.11. The van der Waals surface area contributed by atoms with Gasteiger partial charge in [-0.15, -0.1) is 0 Å². The minimum atomic E-state index is 0.0582. The number of hydrogen-bond donors (Lipinski definition) is 0. The quantitative estimate of drug-likeness (QED) is 0.711. The zero-order chi connectivity index (χ0) is 14.2. The number of carbonyl (C=O) groups excluding carboxylic acids is 1. The number of fused-ring (bicyclic) bond motifs is 1. The second-order valence-corrected chi connectivity index (χ2v) is 7.20. The van der Waals surface area contributed by atoms with E-state index in [9.17, 15) is 4.79 Å². The molecule has 1 heterocycles. The van der Waals surface area contributed by atoms with Crippen molar-refractivity contribution in [2.45, 2.75) is 25.7 Å². The van der Waals surface area contributed by atoms with E-state index in [1.165, 1.54) is 25.7 Å². The second kappa shape index (κ2) is 5.68. The Kier molecular flexibility index (Phi) is 4.09. The van der Waals surface area contributed by atoms with Gasteiger partial charge in [-0.25, -0.2) is 0 Å². The Morgan fingerprint density at radius 1 is 1.30 bits per heavy atom. The lowest BCUT2D eigenvalue weighted by Gasteiger charge is -2.37. The maximum atomic E-state index is 12.3. The van der Waals surface area contributed by atoms with Gasteiger partial charge in [-0.3, -0.25) is 4.79 Å². The summed E-state index contributed by atoms with van der Waals surface area (Å²) in [6.45, 7) is 0.927. The number of hydrogen-bond acceptors (Lipinski definition) is 2. The number of benzene rings is 1. The van der Waals surface area contributed by atoms with Gasteiger partial charge in [-0.2, -0.15) is 0 Å². The van der Waals surface area contributed by atoms with Crippen LogP contribution in [-0.2, 0) is 4.79 Å². The zero-order valence-corrected chi connectivity index (χ0v) is 14.4. The highest BCUT2D eigenvalue weighted by Gasteiger charge is 2.38. The van der Waals surface area contributed by atoms with Gasteiger partial charge in [0.25, 0.3) is 5.91 Å². The van der Waals surface area contributed by atoms with E-state index in [0.29, 0.717) is 0 Å². The molecular weight excluding hydrogens is 386 g/mol. The fourth-order valence-electron chi connectivity index (χ4n) is 3.14. The summed E-state index contributed by atoms with van der Waals surface area (Å²) in [7, 11) is 0. The fourth-order valence-corrected chi connectivity index (χ4v) is 4.23. The third-order valence-electron chi connectivity index (χ3n) is 4.31. The van der Waals surface area contributed by atoms with E-state index in [-0.39, 0.29) is 17.9 Å². The summed E-state index contributed by atoms with van der Waals surface area (Å²) >= 11 is 7.13. The van der Waals surface area contributed by atoms with Gasteiger partial charge >= 0.3 is 0 Å². The molecule has 0 unspecified atom stereocenters. The summed E-state index contributed by atoms with van der Waals surface area (Å²) in [6, 6.07) is 5.85. The number of alkyl halides is 1. The third-order valence-corrected chi connectivity index (χ3v) is 5.99. The first-order chi connectivity index (χ1) is 9.63. The van der Waals surface area contributed by atoms with E-state index in [1.54, 1.807) is 0 Å². The lowest BCUT2D eigenvalue weighted by atomic mass is 9.87. The molecule has 0 spiro atoms. The Morgan fingerprint density at radius 3 is 2.75 bits per heavy atom. The number of ether oxygens (including phenoxy) is 1. The molecule has 0 radical (unpaired) electrons. The van der Waals surface area contributed by atoms with Crippen LogP contribution in [0.15, 0.2) is 22.7 Å². The van der Waals surface area contributed by atoms with Gasteiger partial charge in [0.2, 0.25) is 0 Å². The van der Waals surface area contributed by atoms with Gasteiger partial charge in [-0.1, -0.05) is 44.7 Å². The number of amides is 1. The van der Waals surface area contributed by atoms with Crippen molar-refractivity contribution >= 4 is 43.5 Å². The molecule has 1 amide bonds. The maximum absolute atomic E-state index is 12.3. The molecule has 20 heavy (non-hydrogen) atoms. The van der Waals surface area contributed by atoms with E-state index in [4.69, 9.17) is 4.74 Å². The van der Waals surface area contributed by atoms with Gasteiger partial charge in [-0.05, 0) is 36.5 Å². The van der Waals surface area contributed by atoms with Crippen LogP contribution in [-0.4, -0.2) is 24.4 Å². The molecule has 0 bridgehead atoms. The predicted molar refractivity (Wildman–Crippen MR) is 86.7 cm³/mol. The first-order valence-corrected chi connectivity index (χ1v) is 8.84. The Labute approximate surface area is 135 Å². The van der Waals surface area contributed by atoms with Crippen LogP contribution < -0.4 is 9.64 Å². The van der Waals surface area contributed by atoms with Crippen LogP contribution in [0.4, 0.5) is 5.69 Å². The molecule has 108 valence electrons. The SMILES string of the molecule is O=C1COc2ccc(Br)cc2N1CC1(CBr)CCCC1. The number of nitrogens with zero attached hydrogens (tertiary/aromatic N) is 1. The van der Waals surface area contributed by atoms with E-state index < -0.39 is 0 Å². The Bertz CT molecular complexity index is 527. The molecule has 1 fully saturated rings. The molecule has 0 aromatic heterocycles. The standard InChI is InChI=1S/C15H17Br2NO2/c16-9-15(5-1-2-6-15)10-18-12-7-11(17)3-4-13(12)20-8-14(18)19/h3-4,7H,1-2,5-6,8-10H2. The molecule has 5 heteroatoms. The largest absolute Gasteiger partial charge is 0.482 e. The van der Waals surface area contributed by atoms with E-state index in [1.807, 2.05) is 23.1 Å². The second-order valence-electron chi connectivity index (χ2n) is 5.72. The Hall–Kier alpha value is -0.550. The lowest BCUT2D eigenvalue weighted by molar-refractivity contribution is -0.121. The fraction of sp³-hybridized carbons (Fsp3) is 0.533. The molecule has 0 saturated heterocycles. The molecular formula is C15H17Br2NO2. The maximum Gasteiger partial charge on any atom is 0.265 e. The van der Waals surface area contributed by atoms with Gasteiger partial charge in [0.15, 0.2) is 6.61 Å². The molecule has 1 aliphatic carbocycles. The molecule has 1 aromatic rings. The van der Waals surface area contributed by atoms with Gasteiger partial charge in [0, 0.05) is 16.3 Å². The van der Waals surface area contributed by atoms with Crippen molar-refractivity contribution in [2.75, 3.05) is 23.4 Å². The minimum Gasteiger partial charge on any atom is -0.482 e. The van der Waals surface area contributed by atoms with Crippen molar-refractivity contribution in [3.63, 3.8) is 0 Å². The van der Waals surface area contributed by atoms with Crippen LogP contribution in [0.3, 0.4) is 0 Å². The highest BCUT2D eigenvalue weighted by atomic mass is 79.9. The van der Waals surface area contributed by atoms with Crippen molar-refractivity contribution in [1.82, 2.24) is 0 Å². The molecule has 1 saturated carbocycles. The first kappa shape index (κ1) is 14.4. The average molecular weight is 403 g/mol. The van der Waals surface area contributed by atoms with Crippen LogP contribution in [0, 0.1) is 5.41 Å². The van der Waals surface area contributed by atoms with Crippen LogP contribution in [0.5, 0.6) is 5.75 Å². The van der Waals surface area contributed by atoms with Gasteiger partial charge in [0.1, 0.15) is 5.75 Å². The summed E-state index contributed by atoms with van der Waals surface area (Å²) in [6.07, 6.45) is 4.89.